The lowest BCUT2D eigenvalue weighted by Gasteiger charge is -2.13. The molecule has 5 nitrogen and oxygen atoms in total. The van der Waals surface area contributed by atoms with E-state index in [1.165, 1.54) is 26.0 Å². The number of ether oxygens (including phenoxy) is 2. The summed E-state index contributed by atoms with van der Waals surface area (Å²) in [6.07, 6.45) is 0. The highest BCUT2D eigenvalue weighted by Crippen LogP contribution is 2.29. The summed E-state index contributed by atoms with van der Waals surface area (Å²) >= 11 is 4.81. The first-order chi connectivity index (χ1) is 14.5. The van der Waals surface area contributed by atoms with Crippen molar-refractivity contribution in [3.05, 3.63) is 82.3 Å². The number of anilines is 1. The van der Waals surface area contributed by atoms with Crippen molar-refractivity contribution in [3.8, 4) is 11.5 Å². The number of ketones is 1. The number of amides is 1. The fourth-order valence-corrected chi connectivity index (χ4v) is 3.83. The molecule has 0 saturated carbocycles. The molecule has 0 aliphatic heterocycles. The van der Waals surface area contributed by atoms with Gasteiger partial charge in [0.05, 0.1) is 20.0 Å². The highest BCUT2D eigenvalue weighted by Gasteiger charge is 2.18. The maximum Gasteiger partial charge on any atom is 0.263 e. The molecule has 30 heavy (non-hydrogen) atoms. The van der Waals surface area contributed by atoms with Crippen LogP contribution in [-0.2, 0) is 0 Å². The minimum atomic E-state index is -0.324. The normalized spacial score (nSPS) is 10.4. The number of hydrogen-bond acceptors (Lipinski definition) is 5. The van der Waals surface area contributed by atoms with Gasteiger partial charge in [0.1, 0.15) is 17.1 Å². The van der Waals surface area contributed by atoms with E-state index in [4.69, 9.17) is 9.47 Å². The SMILES string of the molecule is COc1cccc(OC)c1C(=O)Nc1ccc(SCC(=O)c2ccc(Br)cc2)cc1. The Morgan fingerprint density at radius 2 is 1.50 bits per heavy atom. The standard InChI is InChI=1S/C23H20BrNO4S/c1-28-20-4-3-5-21(29-2)22(20)23(27)25-17-10-12-18(13-11-17)30-14-19(26)15-6-8-16(24)9-7-15/h3-13H,14H2,1-2H3,(H,25,27). The summed E-state index contributed by atoms with van der Waals surface area (Å²) in [4.78, 5) is 26.0. The molecule has 3 aromatic carbocycles. The summed E-state index contributed by atoms with van der Waals surface area (Å²) in [7, 11) is 3.01. The lowest BCUT2D eigenvalue weighted by Crippen LogP contribution is -2.14. The molecular formula is C23H20BrNO4S. The van der Waals surface area contributed by atoms with E-state index >= 15 is 0 Å². The van der Waals surface area contributed by atoms with Gasteiger partial charge in [0.25, 0.3) is 5.91 Å². The lowest BCUT2D eigenvalue weighted by molar-refractivity contribution is 0.101. The molecule has 0 radical (unpaired) electrons. The number of benzene rings is 3. The van der Waals surface area contributed by atoms with E-state index < -0.39 is 0 Å². The van der Waals surface area contributed by atoms with Gasteiger partial charge in [-0.3, -0.25) is 9.59 Å². The number of carbonyl (C=O) groups excluding carboxylic acids is 2. The number of hydrogen-bond donors (Lipinski definition) is 1. The molecule has 1 N–H and O–H groups in total. The van der Waals surface area contributed by atoms with Gasteiger partial charge in [-0.2, -0.15) is 0 Å². The molecule has 3 rings (SSSR count). The number of Topliss-reactive ketones (excluding diaryl/α,β-unsaturated/α-hetero) is 1. The Kier molecular flexibility index (Phi) is 7.54. The van der Waals surface area contributed by atoms with Crippen LogP contribution in [0.5, 0.6) is 11.5 Å². The van der Waals surface area contributed by atoms with Crippen LogP contribution in [0.1, 0.15) is 20.7 Å². The van der Waals surface area contributed by atoms with Crippen molar-refractivity contribution < 1.29 is 19.1 Å². The monoisotopic (exact) mass is 485 g/mol. The number of halogens is 1. The first kappa shape index (κ1) is 21.9. The fourth-order valence-electron chi connectivity index (χ4n) is 2.77. The maximum atomic E-state index is 12.7. The molecule has 0 heterocycles. The molecule has 3 aromatic rings. The minimum Gasteiger partial charge on any atom is -0.496 e. The minimum absolute atomic E-state index is 0.0631. The van der Waals surface area contributed by atoms with Gasteiger partial charge in [0.2, 0.25) is 0 Å². The van der Waals surface area contributed by atoms with Gasteiger partial charge in [-0.15, -0.1) is 11.8 Å². The smallest absolute Gasteiger partial charge is 0.263 e. The summed E-state index contributed by atoms with van der Waals surface area (Å²) in [5.74, 6) is 0.949. The van der Waals surface area contributed by atoms with Crippen molar-refractivity contribution >= 4 is 45.1 Å². The Morgan fingerprint density at radius 1 is 0.900 bits per heavy atom. The van der Waals surface area contributed by atoms with Crippen LogP contribution in [0.3, 0.4) is 0 Å². The van der Waals surface area contributed by atoms with E-state index in [2.05, 4.69) is 21.2 Å². The molecule has 0 bridgehead atoms. The van der Waals surface area contributed by atoms with Gasteiger partial charge >= 0.3 is 0 Å². The predicted molar refractivity (Wildman–Crippen MR) is 123 cm³/mol. The molecule has 0 fully saturated rings. The third-order valence-electron chi connectivity index (χ3n) is 4.30. The van der Waals surface area contributed by atoms with Crippen LogP contribution in [0, 0.1) is 0 Å². The van der Waals surface area contributed by atoms with Crippen molar-refractivity contribution in [3.63, 3.8) is 0 Å². The molecule has 7 heteroatoms. The van der Waals surface area contributed by atoms with Gasteiger partial charge in [0, 0.05) is 20.6 Å². The molecule has 0 aliphatic carbocycles. The highest BCUT2D eigenvalue weighted by molar-refractivity contribution is 9.10. The Balaban J connectivity index is 1.63. The van der Waals surface area contributed by atoms with Crippen LogP contribution < -0.4 is 14.8 Å². The van der Waals surface area contributed by atoms with Crippen LogP contribution in [0.25, 0.3) is 0 Å². The Bertz CT molecular complexity index is 1010. The van der Waals surface area contributed by atoms with E-state index in [-0.39, 0.29) is 11.7 Å². The van der Waals surface area contributed by atoms with Crippen molar-refractivity contribution in [1.29, 1.82) is 0 Å². The summed E-state index contributed by atoms with van der Waals surface area (Å²) in [5.41, 5.74) is 1.65. The average Bonchev–Trinajstić information content (AvgIpc) is 2.78. The van der Waals surface area contributed by atoms with Crippen molar-refractivity contribution in [1.82, 2.24) is 0 Å². The molecule has 0 atom stereocenters. The zero-order chi connectivity index (χ0) is 21.5. The Morgan fingerprint density at radius 3 is 2.07 bits per heavy atom. The number of methoxy groups -OCH3 is 2. The zero-order valence-corrected chi connectivity index (χ0v) is 18.9. The van der Waals surface area contributed by atoms with Crippen LogP contribution in [0.15, 0.2) is 76.1 Å². The van der Waals surface area contributed by atoms with Crippen molar-refractivity contribution in [2.24, 2.45) is 0 Å². The zero-order valence-electron chi connectivity index (χ0n) is 16.5. The molecule has 0 saturated heterocycles. The predicted octanol–water partition coefficient (Wildman–Crippen LogP) is 5.69. The first-order valence-corrected chi connectivity index (χ1v) is 10.8. The van der Waals surface area contributed by atoms with E-state index in [1.54, 1.807) is 42.5 Å². The van der Waals surface area contributed by atoms with Gasteiger partial charge in [-0.05, 0) is 48.5 Å². The topological polar surface area (TPSA) is 64.6 Å². The Labute approximate surface area is 187 Å². The fraction of sp³-hybridized carbons (Fsp3) is 0.130. The van der Waals surface area contributed by atoms with E-state index in [0.29, 0.717) is 34.1 Å². The van der Waals surface area contributed by atoms with Gasteiger partial charge < -0.3 is 14.8 Å². The largest absolute Gasteiger partial charge is 0.496 e. The number of rotatable bonds is 8. The van der Waals surface area contributed by atoms with Crippen molar-refractivity contribution in [2.75, 3.05) is 25.3 Å². The second kappa shape index (κ2) is 10.3. The molecule has 1 amide bonds. The Hall–Kier alpha value is -2.77. The van der Waals surface area contributed by atoms with E-state index in [1.807, 2.05) is 24.3 Å². The summed E-state index contributed by atoms with van der Waals surface area (Å²) < 4.78 is 11.5. The molecular weight excluding hydrogens is 466 g/mol. The first-order valence-electron chi connectivity index (χ1n) is 9.06. The van der Waals surface area contributed by atoms with Crippen molar-refractivity contribution in [2.45, 2.75) is 4.90 Å². The second-order valence-corrected chi connectivity index (χ2v) is 8.20. The summed E-state index contributed by atoms with van der Waals surface area (Å²) in [5, 5.41) is 2.85. The summed E-state index contributed by atoms with van der Waals surface area (Å²) in [6.45, 7) is 0. The molecule has 154 valence electrons. The van der Waals surface area contributed by atoms with Crippen LogP contribution in [0.4, 0.5) is 5.69 Å². The highest BCUT2D eigenvalue weighted by atomic mass is 79.9. The second-order valence-electron chi connectivity index (χ2n) is 6.23. The summed E-state index contributed by atoms with van der Waals surface area (Å²) in [6, 6.07) is 19.8. The van der Waals surface area contributed by atoms with E-state index in [9.17, 15) is 9.59 Å². The average molecular weight is 486 g/mol. The molecule has 0 spiro atoms. The van der Waals surface area contributed by atoms with E-state index in [0.717, 1.165) is 9.37 Å². The quantitative estimate of drug-likeness (QED) is 0.327. The molecule has 0 aromatic heterocycles. The van der Waals surface area contributed by atoms with Gasteiger partial charge in [0.15, 0.2) is 5.78 Å². The van der Waals surface area contributed by atoms with Gasteiger partial charge in [-0.1, -0.05) is 34.1 Å². The lowest BCUT2D eigenvalue weighted by atomic mass is 10.1. The van der Waals surface area contributed by atoms with Crippen LogP contribution >= 0.6 is 27.7 Å². The van der Waals surface area contributed by atoms with Crippen LogP contribution in [0.2, 0.25) is 0 Å². The third-order valence-corrected chi connectivity index (χ3v) is 5.84. The number of thioether (sulfide) groups is 1. The third kappa shape index (κ3) is 5.43. The van der Waals surface area contributed by atoms with Gasteiger partial charge in [-0.25, -0.2) is 0 Å². The maximum absolute atomic E-state index is 12.7. The molecule has 0 aliphatic rings. The number of nitrogens with one attached hydrogen (secondary N) is 1. The molecule has 0 unspecified atom stereocenters. The number of carbonyl (C=O) groups is 2. The van der Waals surface area contributed by atoms with Crippen LogP contribution in [-0.4, -0.2) is 31.7 Å².